The maximum atomic E-state index is 13.4. The smallest absolute Gasteiger partial charge is 0.262 e. The summed E-state index contributed by atoms with van der Waals surface area (Å²) in [5.41, 5.74) is 2.35. The highest BCUT2D eigenvalue weighted by Crippen LogP contribution is 2.32. The number of imide groups is 1. The number of carbonyl (C=O) groups excluding carboxylic acids is 3. The minimum absolute atomic E-state index is 0.282. The maximum Gasteiger partial charge on any atom is 0.262 e. The number of halogens is 1. The van der Waals surface area contributed by atoms with E-state index in [-0.39, 0.29) is 19.0 Å². The second-order valence-corrected chi connectivity index (χ2v) is 9.24. The van der Waals surface area contributed by atoms with Crippen molar-refractivity contribution in [1.82, 2.24) is 9.88 Å². The van der Waals surface area contributed by atoms with E-state index in [0.717, 1.165) is 25.2 Å². The van der Waals surface area contributed by atoms with Gasteiger partial charge in [-0.25, -0.2) is 4.98 Å². The third-order valence-corrected chi connectivity index (χ3v) is 6.76. The summed E-state index contributed by atoms with van der Waals surface area (Å²) in [5, 5.41) is 0.517. The summed E-state index contributed by atoms with van der Waals surface area (Å²) >= 11 is 4.85. The molecule has 0 N–H and O–H groups in total. The normalized spacial score (nSPS) is 13.0. The number of amides is 3. The van der Waals surface area contributed by atoms with Gasteiger partial charge in [0.15, 0.2) is 5.13 Å². The molecule has 32 heavy (non-hydrogen) atoms. The summed E-state index contributed by atoms with van der Waals surface area (Å²) in [4.78, 5) is 46.1. The van der Waals surface area contributed by atoms with Gasteiger partial charge in [0, 0.05) is 4.47 Å². The van der Waals surface area contributed by atoms with E-state index < -0.39 is 11.8 Å². The van der Waals surface area contributed by atoms with Gasteiger partial charge in [-0.3, -0.25) is 24.2 Å². The van der Waals surface area contributed by atoms with E-state index in [9.17, 15) is 14.4 Å². The summed E-state index contributed by atoms with van der Waals surface area (Å²) in [6, 6.07) is 21.9. The average Bonchev–Trinajstić information content (AvgIpc) is 3.32. The predicted molar refractivity (Wildman–Crippen MR) is 127 cm³/mol. The van der Waals surface area contributed by atoms with Crippen LogP contribution in [0.1, 0.15) is 26.3 Å². The van der Waals surface area contributed by atoms with Gasteiger partial charge in [0.1, 0.15) is 6.54 Å². The first-order valence-electron chi connectivity index (χ1n) is 9.87. The van der Waals surface area contributed by atoms with Crippen LogP contribution in [0.25, 0.3) is 10.2 Å². The second-order valence-electron chi connectivity index (χ2n) is 7.32. The molecule has 3 aromatic carbocycles. The molecule has 0 atom stereocenters. The van der Waals surface area contributed by atoms with Gasteiger partial charge in [-0.05, 0) is 35.9 Å². The second kappa shape index (κ2) is 8.29. The molecular weight excluding hydrogens is 490 g/mol. The van der Waals surface area contributed by atoms with Crippen LogP contribution in [0.2, 0.25) is 0 Å². The Morgan fingerprint density at radius 2 is 1.59 bits per heavy atom. The van der Waals surface area contributed by atoms with Crippen molar-refractivity contribution in [3.63, 3.8) is 0 Å². The van der Waals surface area contributed by atoms with Crippen molar-refractivity contribution in [1.29, 1.82) is 0 Å². The molecule has 5 rings (SSSR count). The number of anilines is 1. The van der Waals surface area contributed by atoms with Crippen LogP contribution in [0.5, 0.6) is 0 Å². The van der Waals surface area contributed by atoms with Gasteiger partial charge in [0.2, 0.25) is 5.91 Å². The molecule has 0 unspecified atom stereocenters. The zero-order chi connectivity index (χ0) is 22.2. The van der Waals surface area contributed by atoms with Crippen molar-refractivity contribution in [3.05, 3.63) is 94.0 Å². The third-order valence-electron chi connectivity index (χ3n) is 5.23. The highest BCUT2D eigenvalue weighted by atomic mass is 79.9. The summed E-state index contributed by atoms with van der Waals surface area (Å²) < 4.78 is 1.85. The van der Waals surface area contributed by atoms with Gasteiger partial charge in [0.25, 0.3) is 11.8 Å². The first-order chi connectivity index (χ1) is 15.5. The predicted octanol–water partition coefficient (Wildman–Crippen LogP) is 4.89. The molecule has 0 spiro atoms. The van der Waals surface area contributed by atoms with Crippen molar-refractivity contribution in [2.75, 3.05) is 11.4 Å². The maximum absolute atomic E-state index is 13.4. The standard InChI is InChI=1S/C24H16BrN3O3S/c25-16-10-11-19-20(12-16)32-24(26-19)27(13-15-6-2-1-3-7-15)21(29)14-28-22(30)17-8-4-5-9-18(17)23(28)31/h1-12H,13-14H2. The minimum Gasteiger partial charge on any atom is -0.282 e. The van der Waals surface area contributed by atoms with Crippen molar-refractivity contribution >= 4 is 60.3 Å². The van der Waals surface area contributed by atoms with Crippen LogP contribution in [0, 0.1) is 0 Å². The third kappa shape index (κ3) is 3.72. The Hall–Kier alpha value is -3.36. The number of rotatable bonds is 5. The molecule has 6 nitrogen and oxygen atoms in total. The lowest BCUT2D eigenvalue weighted by Crippen LogP contribution is -2.42. The van der Waals surface area contributed by atoms with Crippen LogP contribution in [0.15, 0.2) is 77.3 Å². The largest absolute Gasteiger partial charge is 0.282 e. The van der Waals surface area contributed by atoms with Crippen LogP contribution in [-0.2, 0) is 11.3 Å². The number of hydrogen-bond donors (Lipinski definition) is 0. The van der Waals surface area contributed by atoms with Gasteiger partial charge in [-0.15, -0.1) is 0 Å². The van der Waals surface area contributed by atoms with Crippen molar-refractivity contribution in [3.8, 4) is 0 Å². The van der Waals surface area contributed by atoms with E-state index in [1.807, 2.05) is 48.5 Å². The highest BCUT2D eigenvalue weighted by molar-refractivity contribution is 9.10. The molecule has 8 heteroatoms. The van der Waals surface area contributed by atoms with E-state index in [4.69, 9.17) is 0 Å². The van der Waals surface area contributed by atoms with Crippen molar-refractivity contribution < 1.29 is 14.4 Å². The van der Waals surface area contributed by atoms with E-state index in [1.165, 1.54) is 16.2 Å². The average molecular weight is 506 g/mol. The number of thiazole rings is 1. The van der Waals surface area contributed by atoms with Crippen molar-refractivity contribution in [2.24, 2.45) is 0 Å². The Bertz CT molecular complexity index is 1330. The molecule has 3 amide bonds. The van der Waals surface area contributed by atoms with Crippen LogP contribution >= 0.6 is 27.3 Å². The molecule has 0 saturated carbocycles. The molecule has 0 fully saturated rings. The summed E-state index contributed by atoms with van der Waals surface area (Å²) in [6.45, 7) is -0.0668. The zero-order valence-electron chi connectivity index (χ0n) is 16.7. The Kier molecular flexibility index (Phi) is 5.32. The molecule has 0 radical (unpaired) electrons. The van der Waals surface area contributed by atoms with E-state index in [1.54, 1.807) is 24.3 Å². The van der Waals surface area contributed by atoms with E-state index in [2.05, 4.69) is 20.9 Å². The van der Waals surface area contributed by atoms with Crippen LogP contribution in [0.3, 0.4) is 0 Å². The lowest BCUT2D eigenvalue weighted by molar-refractivity contribution is -0.119. The molecule has 1 aliphatic heterocycles. The van der Waals surface area contributed by atoms with Crippen LogP contribution in [-0.4, -0.2) is 34.2 Å². The van der Waals surface area contributed by atoms with Gasteiger partial charge >= 0.3 is 0 Å². The molecule has 0 aliphatic carbocycles. The summed E-state index contributed by atoms with van der Waals surface area (Å²) in [5.74, 6) is -1.28. The molecule has 158 valence electrons. The Labute approximate surface area is 196 Å². The summed E-state index contributed by atoms with van der Waals surface area (Å²) in [7, 11) is 0. The fraction of sp³-hybridized carbons (Fsp3) is 0.0833. The molecule has 0 bridgehead atoms. The molecule has 1 aliphatic rings. The number of hydrogen-bond acceptors (Lipinski definition) is 5. The lowest BCUT2D eigenvalue weighted by Gasteiger charge is -2.22. The van der Waals surface area contributed by atoms with Crippen LogP contribution in [0.4, 0.5) is 5.13 Å². The number of aromatic nitrogens is 1. The molecular formula is C24H16BrN3O3S. The highest BCUT2D eigenvalue weighted by Gasteiger charge is 2.37. The Morgan fingerprint density at radius 3 is 2.28 bits per heavy atom. The van der Waals surface area contributed by atoms with Gasteiger partial charge in [0.05, 0.1) is 27.9 Å². The first-order valence-corrected chi connectivity index (χ1v) is 11.5. The van der Waals surface area contributed by atoms with E-state index >= 15 is 0 Å². The number of carbonyl (C=O) groups is 3. The quantitative estimate of drug-likeness (QED) is 0.362. The topological polar surface area (TPSA) is 70.6 Å². The lowest BCUT2D eigenvalue weighted by atomic mass is 10.1. The summed E-state index contributed by atoms with van der Waals surface area (Å²) in [6.07, 6.45) is 0. The monoisotopic (exact) mass is 505 g/mol. The number of fused-ring (bicyclic) bond motifs is 2. The van der Waals surface area contributed by atoms with Crippen LogP contribution < -0.4 is 4.90 Å². The molecule has 2 heterocycles. The van der Waals surface area contributed by atoms with Gasteiger partial charge in [-0.2, -0.15) is 0 Å². The van der Waals surface area contributed by atoms with E-state index in [0.29, 0.717) is 16.3 Å². The fourth-order valence-electron chi connectivity index (χ4n) is 3.63. The molecule has 1 aromatic heterocycles. The molecule has 0 saturated heterocycles. The Balaban J connectivity index is 1.48. The zero-order valence-corrected chi connectivity index (χ0v) is 19.1. The SMILES string of the molecule is O=C1c2ccccc2C(=O)N1CC(=O)N(Cc1ccccc1)c1nc2ccc(Br)cc2s1. The number of nitrogens with zero attached hydrogens (tertiary/aromatic N) is 3. The molecule has 4 aromatic rings. The Morgan fingerprint density at radius 1 is 0.938 bits per heavy atom. The van der Waals surface area contributed by atoms with Gasteiger partial charge < -0.3 is 0 Å². The minimum atomic E-state index is -0.452. The van der Waals surface area contributed by atoms with Gasteiger partial charge in [-0.1, -0.05) is 69.7 Å². The fourth-order valence-corrected chi connectivity index (χ4v) is 5.17. The first kappa shape index (κ1) is 20.5. The number of benzene rings is 3. The van der Waals surface area contributed by atoms with Crippen molar-refractivity contribution in [2.45, 2.75) is 6.54 Å².